The summed E-state index contributed by atoms with van der Waals surface area (Å²) in [6, 6.07) is 12.7. The third-order valence-electron chi connectivity index (χ3n) is 3.79. The number of rotatable bonds is 10. The average Bonchev–Trinajstić information content (AvgIpc) is 2.63. The van der Waals surface area contributed by atoms with Crippen LogP contribution in [-0.4, -0.2) is 32.8 Å². The quantitative estimate of drug-likeness (QED) is 0.524. The highest BCUT2D eigenvalue weighted by Crippen LogP contribution is 2.26. The Morgan fingerprint density at radius 1 is 1.07 bits per heavy atom. The van der Waals surface area contributed by atoms with Gasteiger partial charge in [0.15, 0.2) is 0 Å². The predicted octanol–water partition coefficient (Wildman–Crippen LogP) is 5.15. The minimum absolute atomic E-state index is 0.232. The highest BCUT2D eigenvalue weighted by atomic mass is 79.9. The summed E-state index contributed by atoms with van der Waals surface area (Å²) in [5.41, 5.74) is 1.14. The van der Waals surface area contributed by atoms with Gasteiger partial charge in [-0.1, -0.05) is 35.8 Å². The van der Waals surface area contributed by atoms with Crippen molar-refractivity contribution in [2.75, 3.05) is 32.2 Å². The number of anilines is 1. The summed E-state index contributed by atoms with van der Waals surface area (Å²) >= 11 is 3.42. The van der Waals surface area contributed by atoms with E-state index in [4.69, 9.17) is 14.2 Å². The van der Waals surface area contributed by atoms with Crippen molar-refractivity contribution in [2.24, 2.45) is 5.92 Å². The van der Waals surface area contributed by atoms with Gasteiger partial charge in [-0.3, -0.25) is 4.79 Å². The Hall–Kier alpha value is -2.05. The zero-order valence-corrected chi connectivity index (χ0v) is 17.5. The van der Waals surface area contributed by atoms with E-state index in [0.29, 0.717) is 48.5 Å². The van der Waals surface area contributed by atoms with Crippen molar-refractivity contribution in [3.63, 3.8) is 0 Å². The van der Waals surface area contributed by atoms with Crippen LogP contribution in [0.3, 0.4) is 0 Å². The van der Waals surface area contributed by atoms with E-state index in [0.717, 1.165) is 10.9 Å². The minimum Gasteiger partial charge on any atom is -0.493 e. The average molecular weight is 436 g/mol. The molecular formula is C21H26BrNO4. The van der Waals surface area contributed by atoms with Gasteiger partial charge in [0.2, 0.25) is 0 Å². The molecule has 0 spiro atoms. The molecule has 0 aliphatic carbocycles. The van der Waals surface area contributed by atoms with Crippen LogP contribution in [-0.2, 0) is 4.74 Å². The summed E-state index contributed by atoms with van der Waals surface area (Å²) < 4.78 is 17.2. The molecule has 2 rings (SSSR count). The molecule has 146 valence electrons. The molecule has 0 aliphatic rings. The predicted molar refractivity (Wildman–Crippen MR) is 111 cm³/mol. The van der Waals surface area contributed by atoms with E-state index >= 15 is 0 Å². The number of nitrogens with one attached hydrogen (secondary N) is 1. The molecule has 0 heterocycles. The number of benzene rings is 2. The second-order valence-corrected chi connectivity index (χ2v) is 7.41. The molecule has 2 aromatic carbocycles. The first-order valence-electron chi connectivity index (χ1n) is 8.95. The molecular weight excluding hydrogens is 410 g/mol. The van der Waals surface area contributed by atoms with Crippen molar-refractivity contribution in [3.8, 4) is 11.5 Å². The first-order chi connectivity index (χ1) is 13.0. The van der Waals surface area contributed by atoms with E-state index in [1.165, 1.54) is 0 Å². The SMILES string of the molecule is COCCOc1cccc(NC(=O)c2cc(Br)ccc2OCCC(C)C)c1. The molecule has 1 N–H and O–H groups in total. The molecule has 1 amide bonds. The van der Waals surface area contributed by atoms with Gasteiger partial charge in [-0.2, -0.15) is 0 Å². The van der Waals surface area contributed by atoms with E-state index in [1.54, 1.807) is 19.2 Å². The molecule has 0 aromatic heterocycles. The number of halogens is 1. The van der Waals surface area contributed by atoms with E-state index in [9.17, 15) is 4.79 Å². The number of amides is 1. The second kappa shape index (κ2) is 10.9. The summed E-state index contributed by atoms with van der Waals surface area (Å²) in [6.45, 7) is 5.81. The molecule has 0 unspecified atom stereocenters. The van der Waals surface area contributed by atoms with E-state index < -0.39 is 0 Å². The Labute approximate surface area is 169 Å². The molecule has 0 saturated carbocycles. The van der Waals surface area contributed by atoms with Crippen LogP contribution in [0.1, 0.15) is 30.6 Å². The Bertz CT molecular complexity index is 749. The fourth-order valence-corrected chi connectivity index (χ4v) is 2.68. The number of carbonyl (C=O) groups is 1. The Morgan fingerprint density at radius 2 is 1.89 bits per heavy atom. The zero-order valence-electron chi connectivity index (χ0n) is 16.0. The van der Waals surface area contributed by atoms with Crippen LogP contribution < -0.4 is 14.8 Å². The number of hydrogen-bond donors (Lipinski definition) is 1. The zero-order chi connectivity index (χ0) is 19.6. The molecule has 0 atom stereocenters. The summed E-state index contributed by atoms with van der Waals surface area (Å²) in [7, 11) is 1.62. The molecule has 6 heteroatoms. The number of hydrogen-bond acceptors (Lipinski definition) is 4. The number of carbonyl (C=O) groups excluding carboxylic acids is 1. The van der Waals surface area contributed by atoms with Crippen molar-refractivity contribution < 1.29 is 19.0 Å². The summed E-state index contributed by atoms with van der Waals surface area (Å²) in [5.74, 6) is 1.56. The molecule has 0 radical (unpaired) electrons. The summed E-state index contributed by atoms with van der Waals surface area (Å²) in [6.07, 6.45) is 0.929. The lowest BCUT2D eigenvalue weighted by atomic mass is 10.1. The van der Waals surface area contributed by atoms with Crippen molar-refractivity contribution in [3.05, 3.63) is 52.5 Å². The molecule has 5 nitrogen and oxygen atoms in total. The van der Waals surface area contributed by atoms with Crippen molar-refractivity contribution in [1.82, 2.24) is 0 Å². The van der Waals surface area contributed by atoms with Crippen LogP contribution in [0.5, 0.6) is 11.5 Å². The van der Waals surface area contributed by atoms with Gasteiger partial charge in [0.25, 0.3) is 5.91 Å². The van der Waals surface area contributed by atoms with Gasteiger partial charge in [0.1, 0.15) is 18.1 Å². The highest BCUT2D eigenvalue weighted by molar-refractivity contribution is 9.10. The second-order valence-electron chi connectivity index (χ2n) is 6.49. The van der Waals surface area contributed by atoms with E-state index in [-0.39, 0.29) is 5.91 Å². The maximum Gasteiger partial charge on any atom is 0.259 e. The van der Waals surface area contributed by atoms with Crippen LogP contribution in [0.25, 0.3) is 0 Å². The van der Waals surface area contributed by atoms with Crippen LogP contribution in [0.2, 0.25) is 0 Å². The van der Waals surface area contributed by atoms with Crippen LogP contribution in [0.15, 0.2) is 46.9 Å². The van der Waals surface area contributed by atoms with Gasteiger partial charge in [-0.15, -0.1) is 0 Å². The summed E-state index contributed by atoms with van der Waals surface area (Å²) in [5, 5.41) is 2.90. The third-order valence-corrected chi connectivity index (χ3v) is 4.28. The minimum atomic E-state index is -0.232. The van der Waals surface area contributed by atoms with E-state index in [2.05, 4.69) is 35.1 Å². The summed E-state index contributed by atoms with van der Waals surface area (Å²) in [4.78, 5) is 12.8. The van der Waals surface area contributed by atoms with Gasteiger partial charge in [0.05, 0.1) is 18.8 Å². The van der Waals surface area contributed by atoms with Crippen molar-refractivity contribution in [2.45, 2.75) is 20.3 Å². The van der Waals surface area contributed by atoms with E-state index in [1.807, 2.05) is 30.3 Å². The lowest BCUT2D eigenvalue weighted by molar-refractivity contribution is 0.102. The van der Waals surface area contributed by atoms with Crippen LogP contribution in [0.4, 0.5) is 5.69 Å². The Kier molecular flexibility index (Phi) is 8.61. The maximum absolute atomic E-state index is 12.8. The van der Waals surface area contributed by atoms with Crippen molar-refractivity contribution in [1.29, 1.82) is 0 Å². The molecule has 2 aromatic rings. The van der Waals surface area contributed by atoms with Gasteiger partial charge in [-0.05, 0) is 42.7 Å². The van der Waals surface area contributed by atoms with Crippen LogP contribution >= 0.6 is 15.9 Å². The normalized spacial score (nSPS) is 10.7. The van der Waals surface area contributed by atoms with Gasteiger partial charge < -0.3 is 19.5 Å². The largest absolute Gasteiger partial charge is 0.493 e. The van der Waals surface area contributed by atoms with Crippen molar-refractivity contribution >= 4 is 27.5 Å². The number of ether oxygens (including phenoxy) is 3. The molecule has 0 saturated heterocycles. The van der Waals surface area contributed by atoms with Gasteiger partial charge >= 0.3 is 0 Å². The van der Waals surface area contributed by atoms with Crippen LogP contribution in [0, 0.1) is 5.92 Å². The fraction of sp³-hybridized carbons (Fsp3) is 0.381. The number of methoxy groups -OCH3 is 1. The Morgan fingerprint density at radius 3 is 2.63 bits per heavy atom. The highest BCUT2D eigenvalue weighted by Gasteiger charge is 2.14. The molecule has 0 bridgehead atoms. The maximum atomic E-state index is 12.8. The first-order valence-corrected chi connectivity index (χ1v) is 9.74. The first kappa shape index (κ1) is 21.3. The van der Waals surface area contributed by atoms with Gasteiger partial charge in [-0.25, -0.2) is 0 Å². The van der Waals surface area contributed by atoms with Gasteiger partial charge in [0, 0.05) is 23.3 Å². The molecule has 0 fully saturated rings. The Balaban J connectivity index is 2.08. The lowest BCUT2D eigenvalue weighted by Gasteiger charge is -2.14. The monoisotopic (exact) mass is 435 g/mol. The third kappa shape index (κ3) is 7.23. The molecule has 27 heavy (non-hydrogen) atoms. The topological polar surface area (TPSA) is 56.8 Å². The standard InChI is InChI=1S/C21H26BrNO4/c1-15(2)9-10-27-20-8-7-16(22)13-19(20)21(24)23-17-5-4-6-18(14-17)26-12-11-25-3/h4-8,13-15H,9-12H2,1-3H3,(H,23,24). The molecule has 0 aliphatic heterocycles. The smallest absolute Gasteiger partial charge is 0.259 e. The lowest BCUT2D eigenvalue weighted by Crippen LogP contribution is -2.14. The fourth-order valence-electron chi connectivity index (χ4n) is 2.32.